The number of rotatable bonds is 10. The first-order valence-corrected chi connectivity index (χ1v) is 10.3. The van der Waals surface area contributed by atoms with E-state index in [2.05, 4.69) is 17.6 Å². The van der Waals surface area contributed by atoms with Gasteiger partial charge < -0.3 is 20.3 Å². The number of carbonyl (C=O) groups excluding carboxylic acids is 3. The summed E-state index contributed by atoms with van der Waals surface area (Å²) in [5.41, 5.74) is 0.0793. The van der Waals surface area contributed by atoms with E-state index in [0.717, 1.165) is 24.8 Å². The summed E-state index contributed by atoms with van der Waals surface area (Å²) < 4.78 is 5.17. The van der Waals surface area contributed by atoms with Gasteiger partial charge >= 0.3 is 6.09 Å². The summed E-state index contributed by atoms with van der Waals surface area (Å²) in [4.78, 5) is 39.1. The number of nitrogens with one attached hydrogen (secondary N) is 2. The summed E-state index contributed by atoms with van der Waals surface area (Å²) in [7, 11) is 0. The van der Waals surface area contributed by atoms with Gasteiger partial charge in [0.15, 0.2) is 0 Å². The smallest absolute Gasteiger partial charge is 0.408 e. The van der Waals surface area contributed by atoms with Crippen molar-refractivity contribution in [3.05, 3.63) is 35.9 Å². The zero-order chi connectivity index (χ0) is 21.9. The van der Waals surface area contributed by atoms with Gasteiger partial charge in [-0.15, -0.1) is 0 Å². The third kappa shape index (κ3) is 8.98. The molecule has 0 fully saturated rings. The molecule has 162 valence electrons. The van der Waals surface area contributed by atoms with Crippen LogP contribution >= 0.6 is 0 Å². The molecule has 1 aromatic carbocycles. The Hall–Kier alpha value is -2.57. The van der Waals surface area contributed by atoms with Crippen LogP contribution in [0, 0.1) is 0 Å². The first-order chi connectivity index (χ1) is 13.7. The van der Waals surface area contributed by atoms with Gasteiger partial charge in [0.05, 0.1) is 0 Å². The molecule has 29 heavy (non-hydrogen) atoms. The molecule has 0 spiro atoms. The molecule has 7 heteroatoms. The lowest BCUT2D eigenvalue weighted by Crippen LogP contribution is -2.47. The van der Waals surface area contributed by atoms with E-state index in [1.165, 1.54) is 4.90 Å². The Labute approximate surface area is 174 Å². The number of carbonyl (C=O) groups is 3. The Morgan fingerprint density at radius 1 is 1.03 bits per heavy atom. The molecule has 0 aromatic heterocycles. The van der Waals surface area contributed by atoms with E-state index in [-0.39, 0.29) is 18.4 Å². The molecule has 0 aliphatic rings. The minimum absolute atomic E-state index is 0.222. The lowest BCUT2D eigenvalue weighted by atomic mass is 10.0. The van der Waals surface area contributed by atoms with Gasteiger partial charge in [0.2, 0.25) is 11.8 Å². The number of likely N-dealkylation sites (N-methyl/N-ethyl adjacent to an activating group) is 1. The monoisotopic (exact) mass is 405 g/mol. The Kier molecular flexibility index (Phi) is 10.2. The Morgan fingerprint density at radius 3 is 2.24 bits per heavy atom. The molecular formula is C22H35N3O4. The highest BCUT2D eigenvalue weighted by Gasteiger charge is 2.30. The second-order valence-corrected chi connectivity index (χ2v) is 7.85. The molecular weight excluding hydrogens is 370 g/mol. The van der Waals surface area contributed by atoms with Crippen molar-refractivity contribution in [3.8, 4) is 0 Å². The van der Waals surface area contributed by atoms with Gasteiger partial charge in [0, 0.05) is 13.1 Å². The number of ether oxygens (including phenoxy) is 1. The molecule has 0 aliphatic carbocycles. The minimum Gasteiger partial charge on any atom is -0.444 e. The summed E-state index contributed by atoms with van der Waals surface area (Å²) in [6.07, 6.45) is 2.33. The molecule has 3 amide bonds. The summed E-state index contributed by atoms with van der Waals surface area (Å²) in [5.74, 6) is -0.573. The molecule has 0 radical (unpaired) electrons. The van der Waals surface area contributed by atoms with Crippen LogP contribution in [-0.4, -0.2) is 48.0 Å². The lowest BCUT2D eigenvalue weighted by Gasteiger charge is -2.30. The van der Waals surface area contributed by atoms with Crippen molar-refractivity contribution in [1.82, 2.24) is 15.5 Å². The molecule has 7 nitrogen and oxygen atoms in total. The van der Waals surface area contributed by atoms with Gasteiger partial charge in [0.25, 0.3) is 0 Å². The number of alkyl carbamates (subject to hydrolysis) is 1. The highest BCUT2D eigenvalue weighted by Crippen LogP contribution is 2.21. The van der Waals surface area contributed by atoms with Crippen LogP contribution in [0.2, 0.25) is 0 Å². The third-order valence-electron chi connectivity index (χ3n) is 4.20. The van der Waals surface area contributed by atoms with Crippen LogP contribution in [0.1, 0.15) is 65.5 Å². The number of hydrogen-bond acceptors (Lipinski definition) is 4. The number of nitrogens with zero attached hydrogens (tertiary/aromatic N) is 1. The van der Waals surface area contributed by atoms with E-state index >= 15 is 0 Å². The molecule has 0 saturated carbocycles. The Morgan fingerprint density at radius 2 is 1.69 bits per heavy atom. The van der Waals surface area contributed by atoms with Crippen molar-refractivity contribution >= 4 is 17.9 Å². The molecule has 0 bridgehead atoms. The number of hydrogen-bond donors (Lipinski definition) is 2. The maximum Gasteiger partial charge on any atom is 0.408 e. The molecule has 1 aromatic rings. The largest absolute Gasteiger partial charge is 0.444 e. The number of amides is 3. The van der Waals surface area contributed by atoms with Gasteiger partial charge in [-0.05, 0) is 39.7 Å². The summed E-state index contributed by atoms with van der Waals surface area (Å²) in [5, 5.41) is 5.41. The molecule has 0 heterocycles. The fourth-order valence-electron chi connectivity index (χ4n) is 2.86. The van der Waals surface area contributed by atoms with E-state index < -0.39 is 17.7 Å². The van der Waals surface area contributed by atoms with Crippen molar-refractivity contribution in [2.24, 2.45) is 0 Å². The maximum absolute atomic E-state index is 12.9. The zero-order valence-electron chi connectivity index (χ0n) is 18.3. The van der Waals surface area contributed by atoms with Crippen LogP contribution in [0.3, 0.4) is 0 Å². The van der Waals surface area contributed by atoms with Gasteiger partial charge in [-0.25, -0.2) is 4.79 Å². The van der Waals surface area contributed by atoms with E-state index in [1.807, 2.05) is 37.3 Å². The fraction of sp³-hybridized carbons (Fsp3) is 0.591. The highest BCUT2D eigenvalue weighted by molar-refractivity contribution is 5.90. The maximum atomic E-state index is 12.9. The third-order valence-corrected chi connectivity index (χ3v) is 4.20. The van der Waals surface area contributed by atoms with Crippen LogP contribution in [-0.2, 0) is 14.3 Å². The fourth-order valence-corrected chi connectivity index (χ4v) is 2.86. The quantitative estimate of drug-likeness (QED) is 0.584. The molecule has 0 saturated heterocycles. The van der Waals surface area contributed by atoms with E-state index in [9.17, 15) is 14.4 Å². The van der Waals surface area contributed by atoms with E-state index in [4.69, 9.17) is 4.74 Å². The molecule has 0 aliphatic heterocycles. The Bertz CT molecular complexity index is 656. The standard InChI is InChI=1S/C22H35N3O4/c1-6-8-12-15-23-20(27)19(17-13-10-9-11-14-17)25(7-2)18(26)16-24-21(28)29-22(3,4)5/h9-11,13-14,19H,6-8,12,15-16H2,1-5H3,(H,23,27)(H,24,28). The summed E-state index contributed by atoms with van der Waals surface area (Å²) in [6.45, 7) is 9.82. The number of benzene rings is 1. The van der Waals surface area contributed by atoms with Crippen LogP contribution in [0.15, 0.2) is 30.3 Å². The Balaban J connectivity index is 2.88. The summed E-state index contributed by atoms with van der Waals surface area (Å²) >= 11 is 0. The van der Waals surface area contributed by atoms with Gasteiger partial charge in [0.1, 0.15) is 18.2 Å². The second kappa shape index (κ2) is 12.1. The normalized spacial score (nSPS) is 12.0. The SMILES string of the molecule is CCCCCNC(=O)C(c1ccccc1)N(CC)C(=O)CNC(=O)OC(C)(C)C. The topological polar surface area (TPSA) is 87.7 Å². The van der Waals surface area contributed by atoms with E-state index in [1.54, 1.807) is 20.8 Å². The predicted octanol–water partition coefficient (Wildman–Crippen LogP) is 3.41. The molecule has 1 atom stereocenters. The average molecular weight is 406 g/mol. The molecule has 1 rings (SSSR count). The van der Waals surface area contributed by atoms with E-state index in [0.29, 0.717) is 13.1 Å². The van der Waals surface area contributed by atoms with Gasteiger partial charge in [-0.2, -0.15) is 0 Å². The first kappa shape index (κ1) is 24.5. The first-order valence-electron chi connectivity index (χ1n) is 10.3. The molecule has 2 N–H and O–H groups in total. The van der Waals surface area contributed by atoms with Crippen molar-refractivity contribution in [1.29, 1.82) is 0 Å². The van der Waals surface area contributed by atoms with Crippen molar-refractivity contribution in [2.45, 2.75) is 65.5 Å². The van der Waals surface area contributed by atoms with Crippen LogP contribution in [0.4, 0.5) is 4.79 Å². The number of unbranched alkanes of at least 4 members (excludes halogenated alkanes) is 2. The summed E-state index contributed by atoms with van der Waals surface area (Å²) in [6, 6.07) is 8.44. The van der Waals surface area contributed by atoms with Crippen LogP contribution in [0.5, 0.6) is 0 Å². The second-order valence-electron chi connectivity index (χ2n) is 7.85. The molecule has 1 unspecified atom stereocenters. The lowest BCUT2D eigenvalue weighted by molar-refractivity contribution is -0.140. The van der Waals surface area contributed by atoms with Crippen LogP contribution in [0.25, 0.3) is 0 Å². The minimum atomic E-state index is -0.754. The highest BCUT2D eigenvalue weighted by atomic mass is 16.6. The van der Waals surface area contributed by atoms with Crippen molar-refractivity contribution in [2.75, 3.05) is 19.6 Å². The van der Waals surface area contributed by atoms with Crippen molar-refractivity contribution in [3.63, 3.8) is 0 Å². The van der Waals surface area contributed by atoms with Crippen LogP contribution < -0.4 is 10.6 Å². The van der Waals surface area contributed by atoms with Crippen molar-refractivity contribution < 1.29 is 19.1 Å². The van der Waals surface area contributed by atoms with Gasteiger partial charge in [-0.1, -0.05) is 50.1 Å². The zero-order valence-corrected chi connectivity index (χ0v) is 18.3. The predicted molar refractivity (Wildman–Crippen MR) is 113 cm³/mol. The average Bonchev–Trinajstić information content (AvgIpc) is 2.66. The van der Waals surface area contributed by atoms with Gasteiger partial charge in [-0.3, -0.25) is 9.59 Å².